The maximum absolute atomic E-state index is 12.9. The summed E-state index contributed by atoms with van der Waals surface area (Å²) in [6.07, 6.45) is 3.05. The van der Waals surface area contributed by atoms with Crippen molar-refractivity contribution in [1.29, 1.82) is 0 Å². The van der Waals surface area contributed by atoms with Gasteiger partial charge in [-0.3, -0.25) is 0 Å². The molecular weight excluding hydrogens is 207 g/mol. The molecule has 0 aliphatic carbocycles. The van der Waals surface area contributed by atoms with E-state index in [2.05, 4.69) is 4.98 Å². The molecule has 1 unspecified atom stereocenters. The predicted molar refractivity (Wildman–Crippen MR) is 58.3 cm³/mol. The molecule has 0 spiro atoms. The van der Waals surface area contributed by atoms with Crippen LogP contribution in [0.2, 0.25) is 0 Å². The maximum Gasteiger partial charge on any atom is 0.137 e. The highest BCUT2D eigenvalue weighted by Gasteiger charge is 2.13. The van der Waals surface area contributed by atoms with Crippen molar-refractivity contribution in [3.63, 3.8) is 0 Å². The van der Waals surface area contributed by atoms with Gasteiger partial charge in [0.25, 0.3) is 0 Å². The normalized spacial score (nSPS) is 12.7. The first-order valence-electron chi connectivity index (χ1n) is 5.06. The molecule has 0 saturated carbocycles. The highest BCUT2D eigenvalue weighted by atomic mass is 19.1. The van der Waals surface area contributed by atoms with Crippen molar-refractivity contribution in [1.82, 2.24) is 9.55 Å². The van der Waals surface area contributed by atoms with Crippen molar-refractivity contribution in [2.75, 3.05) is 0 Å². The number of aliphatic hydroxyl groups excluding tert-OH is 1. The Labute approximate surface area is 93.2 Å². The molecule has 4 heteroatoms. The summed E-state index contributed by atoms with van der Waals surface area (Å²) in [5.74, 6) is 0.300. The summed E-state index contributed by atoms with van der Waals surface area (Å²) in [5.41, 5.74) is 0.760. The van der Waals surface area contributed by atoms with Crippen LogP contribution in [0.3, 0.4) is 0 Å². The van der Waals surface area contributed by atoms with Crippen LogP contribution < -0.4 is 0 Å². The van der Waals surface area contributed by atoms with Gasteiger partial charge in [-0.2, -0.15) is 0 Å². The number of halogens is 1. The number of hydrogen-bond donors (Lipinski definition) is 1. The Morgan fingerprint density at radius 1 is 1.50 bits per heavy atom. The van der Waals surface area contributed by atoms with Gasteiger partial charge in [0, 0.05) is 25.9 Å². The molecule has 0 fully saturated rings. The van der Waals surface area contributed by atoms with E-state index in [-0.39, 0.29) is 5.82 Å². The zero-order valence-electron chi connectivity index (χ0n) is 8.97. The molecule has 2 aromatic rings. The number of hydrogen-bond acceptors (Lipinski definition) is 2. The van der Waals surface area contributed by atoms with Crippen LogP contribution >= 0.6 is 0 Å². The van der Waals surface area contributed by atoms with Gasteiger partial charge in [0.15, 0.2) is 0 Å². The quantitative estimate of drug-likeness (QED) is 0.857. The highest BCUT2D eigenvalue weighted by molar-refractivity contribution is 5.18. The number of aliphatic hydroxyl groups is 1. The lowest BCUT2D eigenvalue weighted by Gasteiger charge is -2.10. The van der Waals surface area contributed by atoms with Gasteiger partial charge in [-0.25, -0.2) is 9.37 Å². The lowest BCUT2D eigenvalue weighted by atomic mass is 10.1. The number of benzene rings is 1. The standard InChI is InChI=1S/C12H13FN2O/c1-15-6-5-14-12(15)11(16)8-9-3-2-4-10(13)7-9/h2-7,11,16H,8H2,1H3. The molecular formula is C12H13FN2O. The van der Waals surface area contributed by atoms with Gasteiger partial charge in [-0.1, -0.05) is 12.1 Å². The molecule has 1 heterocycles. The topological polar surface area (TPSA) is 38.0 Å². The number of nitrogens with zero attached hydrogens (tertiary/aromatic N) is 2. The Morgan fingerprint density at radius 2 is 2.31 bits per heavy atom. The molecule has 0 saturated heterocycles. The van der Waals surface area contributed by atoms with Gasteiger partial charge in [0.2, 0.25) is 0 Å². The van der Waals surface area contributed by atoms with Crippen molar-refractivity contribution in [2.45, 2.75) is 12.5 Å². The Hall–Kier alpha value is -1.68. The van der Waals surface area contributed by atoms with Gasteiger partial charge in [-0.15, -0.1) is 0 Å². The summed E-state index contributed by atoms with van der Waals surface area (Å²) in [6.45, 7) is 0. The van der Waals surface area contributed by atoms with E-state index in [1.165, 1.54) is 12.1 Å². The van der Waals surface area contributed by atoms with Crippen LogP contribution in [0.25, 0.3) is 0 Å². The van der Waals surface area contributed by atoms with E-state index in [0.29, 0.717) is 12.2 Å². The average molecular weight is 220 g/mol. The summed E-state index contributed by atoms with van der Waals surface area (Å²) in [4.78, 5) is 4.05. The minimum Gasteiger partial charge on any atom is -0.385 e. The van der Waals surface area contributed by atoms with Crippen molar-refractivity contribution in [3.8, 4) is 0 Å². The molecule has 0 bridgehead atoms. The van der Waals surface area contributed by atoms with Crippen molar-refractivity contribution in [2.24, 2.45) is 7.05 Å². The minimum absolute atomic E-state index is 0.287. The fourth-order valence-electron chi connectivity index (χ4n) is 1.68. The van der Waals surface area contributed by atoms with E-state index in [1.807, 2.05) is 7.05 Å². The number of aryl methyl sites for hydroxylation is 1. The number of aromatic nitrogens is 2. The van der Waals surface area contributed by atoms with E-state index in [1.54, 1.807) is 29.1 Å². The van der Waals surface area contributed by atoms with E-state index in [4.69, 9.17) is 0 Å². The monoisotopic (exact) mass is 220 g/mol. The number of rotatable bonds is 3. The Kier molecular flexibility index (Phi) is 3.01. The molecule has 1 aromatic carbocycles. The maximum atomic E-state index is 12.9. The van der Waals surface area contributed by atoms with Gasteiger partial charge < -0.3 is 9.67 Å². The summed E-state index contributed by atoms with van der Waals surface area (Å²) < 4.78 is 14.7. The van der Waals surface area contributed by atoms with Gasteiger partial charge in [-0.05, 0) is 17.7 Å². The predicted octanol–water partition coefficient (Wildman–Crippen LogP) is 1.84. The van der Waals surface area contributed by atoms with Crippen LogP contribution in [0.4, 0.5) is 4.39 Å². The zero-order chi connectivity index (χ0) is 11.5. The third-order valence-electron chi connectivity index (χ3n) is 2.47. The van der Waals surface area contributed by atoms with Crippen molar-refractivity contribution < 1.29 is 9.50 Å². The molecule has 84 valence electrons. The molecule has 1 aromatic heterocycles. The Balaban J connectivity index is 2.14. The smallest absolute Gasteiger partial charge is 0.137 e. The molecule has 1 N–H and O–H groups in total. The van der Waals surface area contributed by atoms with Crippen LogP contribution in [0, 0.1) is 5.82 Å². The molecule has 0 amide bonds. The molecule has 0 aliphatic rings. The first-order chi connectivity index (χ1) is 7.66. The van der Waals surface area contributed by atoms with Crippen molar-refractivity contribution >= 4 is 0 Å². The lowest BCUT2D eigenvalue weighted by molar-refractivity contribution is 0.165. The van der Waals surface area contributed by atoms with Crippen LogP contribution in [0.1, 0.15) is 17.5 Å². The fraction of sp³-hybridized carbons (Fsp3) is 0.250. The second-order valence-corrected chi connectivity index (χ2v) is 3.75. The third kappa shape index (κ3) is 2.28. The molecule has 0 radical (unpaired) electrons. The van der Waals surface area contributed by atoms with E-state index >= 15 is 0 Å². The van der Waals surface area contributed by atoms with Crippen LogP contribution in [0.5, 0.6) is 0 Å². The average Bonchev–Trinajstić information content (AvgIpc) is 2.64. The fourth-order valence-corrected chi connectivity index (χ4v) is 1.68. The number of imidazole rings is 1. The van der Waals surface area contributed by atoms with Crippen molar-refractivity contribution in [3.05, 3.63) is 53.9 Å². The Morgan fingerprint density at radius 3 is 2.94 bits per heavy atom. The second-order valence-electron chi connectivity index (χ2n) is 3.75. The first-order valence-corrected chi connectivity index (χ1v) is 5.06. The third-order valence-corrected chi connectivity index (χ3v) is 2.47. The zero-order valence-corrected chi connectivity index (χ0v) is 8.97. The first kappa shape index (κ1) is 10.8. The van der Waals surface area contributed by atoms with Crippen LogP contribution in [-0.4, -0.2) is 14.7 Å². The second kappa shape index (κ2) is 4.45. The summed E-state index contributed by atoms with van der Waals surface area (Å²) in [7, 11) is 1.82. The molecule has 1 atom stereocenters. The van der Waals surface area contributed by atoms with E-state index in [9.17, 15) is 9.50 Å². The summed E-state index contributed by atoms with van der Waals surface area (Å²) in [6, 6.07) is 6.23. The molecule has 16 heavy (non-hydrogen) atoms. The summed E-state index contributed by atoms with van der Waals surface area (Å²) >= 11 is 0. The van der Waals surface area contributed by atoms with Crippen LogP contribution in [-0.2, 0) is 13.5 Å². The Bertz CT molecular complexity index is 481. The van der Waals surface area contributed by atoms with Crippen LogP contribution in [0.15, 0.2) is 36.7 Å². The molecule has 3 nitrogen and oxygen atoms in total. The minimum atomic E-state index is -0.707. The lowest BCUT2D eigenvalue weighted by Crippen LogP contribution is -2.08. The molecule has 0 aliphatic heterocycles. The van der Waals surface area contributed by atoms with Gasteiger partial charge in [0.1, 0.15) is 17.7 Å². The SMILES string of the molecule is Cn1ccnc1C(O)Cc1cccc(F)c1. The van der Waals surface area contributed by atoms with E-state index < -0.39 is 6.10 Å². The van der Waals surface area contributed by atoms with E-state index in [0.717, 1.165) is 5.56 Å². The van der Waals surface area contributed by atoms with Gasteiger partial charge >= 0.3 is 0 Å². The highest BCUT2D eigenvalue weighted by Crippen LogP contribution is 2.16. The molecule has 2 rings (SSSR count). The largest absolute Gasteiger partial charge is 0.385 e. The van der Waals surface area contributed by atoms with Gasteiger partial charge in [0.05, 0.1) is 0 Å². The summed E-state index contributed by atoms with van der Waals surface area (Å²) in [5, 5.41) is 9.93.